The van der Waals surface area contributed by atoms with Crippen molar-refractivity contribution in [2.75, 3.05) is 0 Å². The van der Waals surface area contributed by atoms with E-state index in [4.69, 9.17) is 4.74 Å². The molecule has 6 heteroatoms. The van der Waals surface area contributed by atoms with Gasteiger partial charge in [-0.2, -0.15) is 0 Å². The van der Waals surface area contributed by atoms with Gasteiger partial charge in [0.2, 0.25) is 0 Å². The van der Waals surface area contributed by atoms with Crippen LogP contribution in [-0.4, -0.2) is 20.7 Å². The van der Waals surface area contributed by atoms with Gasteiger partial charge in [0.1, 0.15) is 17.2 Å². The highest BCUT2D eigenvalue weighted by Gasteiger charge is 2.32. The van der Waals surface area contributed by atoms with Gasteiger partial charge >= 0.3 is 5.97 Å². The van der Waals surface area contributed by atoms with E-state index >= 15 is 0 Å². The number of aromatic nitrogens is 1. The number of esters is 1. The molecule has 1 atom stereocenters. The maximum Gasteiger partial charge on any atom is 0.312 e. The van der Waals surface area contributed by atoms with Gasteiger partial charge in [-0.1, -0.05) is 24.3 Å². The molecule has 0 aliphatic carbocycles. The molecular formula is C23H21NO5. The van der Waals surface area contributed by atoms with Crippen LogP contribution >= 0.6 is 0 Å². The van der Waals surface area contributed by atoms with Crippen molar-refractivity contribution in [1.29, 1.82) is 0 Å². The van der Waals surface area contributed by atoms with Gasteiger partial charge in [-0.05, 0) is 48.7 Å². The van der Waals surface area contributed by atoms with Crippen molar-refractivity contribution in [3.63, 3.8) is 0 Å². The summed E-state index contributed by atoms with van der Waals surface area (Å²) in [6, 6.07) is 15.2. The molecule has 0 saturated carbocycles. The van der Waals surface area contributed by atoms with Crippen LogP contribution in [0.4, 0.5) is 0 Å². The van der Waals surface area contributed by atoms with Gasteiger partial charge in [-0.25, -0.2) is 0 Å². The number of fused-ring (bicyclic) bond motifs is 1. The molecule has 2 heterocycles. The topological polar surface area (TPSA) is 88.8 Å². The molecule has 0 radical (unpaired) electrons. The van der Waals surface area contributed by atoms with Crippen LogP contribution in [0.1, 0.15) is 34.7 Å². The summed E-state index contributed by atoms with van der Waals surface area (Å²) in [5, 5.41) is 19.0. The first kappa shape index (κ1) is 18.8. The minimum absolute atomic E-state index is 0.0774. The molecule has 29 heavy (non-hydrogen) atoms. The molecule has 0 saturated heterocycles. The van der Waals surface area contributed by atoms with Crippen molar-refractivity contribution in [1.82, 2.24) is 4.57 Å². The fraction of sp³-hybridized carbons (Fsp3) is 0.217. The lowest BCUT2D eigenvalue weighted by Gasteiger charge is -2.26. The molecule has 2 aromatic carbocycles. The fourth-order valence-corrected chi connectivity index (χ4v) is 3.77. The zero-order valence-corrected chi connectivity index (χ0v) is 16.0. The number of aryl methyl sites for hydroxylation is 2. The van der Waals surface area contributed by atoms with Crippen LogP contribution in [0.5, 0.6) is 17.2 Å². The van der Waals surface area contributed by atoms with Crippen molar-refractivity contribution in [2.24, 2.45) is 0 Å². The number of carbonyl (C=O) groups is 1. The fourth-order valence-electron chi connectivity index (χ4n) is 3.77. The van der Waals surface area contributed by atoms with Gasteiger partial charge < -0.3 is 19.5 Å². The highest BCUT2D eigenvalue weighted by molar-refractivity contribution is 5.77. The van der Waals surface area contributed by atoms with Crippen LogP contribution in [0, 0.1) is 6.92 Å². The number of aromatic hydroxyl groups is 2. The van der Waals surface area contributed by atoms with E-state index in [0.29, 0.717) is 30.0 Å². The van der Waals surface area contributed by atoms with Gasteiger partial charge in [0, 0.05) is 24.2 Å². The Morgan fingerprint density at radius 2 is 1.62 bits per heavy atom. The molecule has 0 amide bonds. The number of benzene rings is 2. The molecule has 6 nitrogen and oxygen atoms in total. The lowest BCUT2D eigenvalue weighted by atomic mass is 9.87. The molecule has 4 rings (SSSR count). The summed E-state index contributed by atoms with van der Waals surface area (Å²) in [5.41, 5.74) is 2.79. The van der Waals surface area contributed by atoms with Gasteiger partial charge in [0.05, 0.1) is 12.0 Å². The lowest BCUT2D eigenvalue weighted by molar-refractivity contribution is -0.135. The second-order valence-electron chi connectivity index (χ2n) is 7.26. The zero-order chi connectivity index (χ0) is 20.5. The maximum absolute atomic E-state index is 13.3. The summed E-state index contributed by atoms with van der Waals surface area (Å²) >= 11 is 0. The monoisotopic (exact) mass is 391 g/mol. The highest BCUT2D eigenvalue weighted by Crippen LogP contribution is 2.37. The van der Waals surface area contributed by atoms with Gasteiger partial charge in [0.15, 0.2) is 0 Å². The van der Waals surface area contributed by atoms with Crippen molar-refractivity contribution in [2.45, 2.75) is 32.2 Å². The number of carbonyl (C=O) groups excluding carboxylic acids is 1. The van der Waals surface area contributed by atoms with E-state index in [1.54, 1.807) is 47.0 Å². The second-order valence-corrected chi connectivity index (χ2v) is 7.26. The third-order valence-electron chi connectivity index (χ3n) is 5.31. The Bertz CT molecular complexity index is 1110. The first-order valence-electron chi connectivity index (χ1n) is 9.44. The number of pyridine rings is 1. The molecule has 0 bridgehead atoms. The smallest absolute Gasteiger partial charge is 0.312 e. The minimum Gasteiger partial charge on any atom is -0.508 e. The van der Waals surface area contributed by atoms with Gasteiger partial charge in [-0.15, -0.1) is 0 Å². The van der Waals surface area contributed by atoms with Crippen LogP contribution in [0.15, 0.2) is 59.4 Å². The predicted octanol–water partition coefficient (Wildman–Crippen LogP) is 3.25. The van der Waals surface area contributed by atoms with Gasteiger partial charge in [0.25, 0.3) is 5.56 Å². The summed E-state index contributed by atoms with van der Waals surface area (Å²) in [6.07, 6.45) is 0.706. The number of phenolic OH excluding ortho intramolecular Hbond substituents is 2. The summed E-state index contributed by atoms with van der Waals surface area (Å²) in [4.78, 5) is 25.5. The minimum atomic E-state index is -0.417. The van der Waals surface area contributed by atoms with Crippen LogP contribution in [-0.2, 0) is 17.8 Å². The number of nitrogens with zero attached hydrogens (tertiary/aromatic N) is 1. The van der Waals surface area contributed by atoms with E-state index in [2.05, 4.69) is 0 Å². The summed E-state index contributed by atoms with van der Waals surface area (Å²) < 4.78 is 7.06. The van der Waals surface area contributed by atoms with E-state index in [-0.39, 0.29) is 29.4 Å². The average Bonchev–Trinajstić information content (AvgIpc) is 2.69. The lowest BCUT2D eigenvalue weighted by Crippen LogP contribution is -2.33. The first-order valence-corrected chi connectivity index (χ1v) is 9.44. The van der Waals surface area contributed by atoms with E-state index in [1.165, 1.54) is 0 Å². The zero-order valence-electron chi connectivity index (χ0n) is 16.0. The second kappa shape index (κ2) is 7.47. The molecule has 2 N–H and O–H groups in total. The maximum atomic E-state index is 13.3. The van der Waals surface area contributed by atoms with Crippen LogP contribution in [0.2, 0.25) is 0 Å². The highest BCUT2D eigenvalue weighted by atomic mass is 16.5. The van der Waals surface area contributed by atoms with Crippen molar-refractivity contribution >= 4 is 5.97 Å². The molecule has 0 fully saturated rings. The molecule has 1 unspecified atom stereocenters. The Morgan fingerprint density at radius 1 is 1.00 bits per heavy atom. The SMILES string of the molecule is Cc1cc2c(c(=O)n1CCc1ccc(O)cc1)C(c1ccc(O)cc1)CC(=O)O2. The molecule has 0 spiro atoms. The van der Waals surface area contributed by atoms with Crippen molar-refractivity contribution in [3.05, 3.63) is 87.3 Å². The molecular weight excluding hydrogens is 370 g/mol. The van der Waals surface area contributed by atoms with E-state index in [0.717, 1.165) is 11.1 Å². The molecule has 1 aliphatic rings. The summed E-state index contributed by atoms with van der Waals surface area (Å²) in [5.74, 6) is -0.157. The first-order chi connectivity index (χ1) is 13.9. The molecule has 1 aliphatic heterocycles. The van der Waals surface area contributed by atoms with Crippen molar-refractivity contribution < 1.29 is 19.7 Å². The summed E-state index contributed by atoms with van der Waals surface area (Å²) in [6.45, 7) is 2.29. The van der Waals surface area contributed by atoms with Crippen LogP contribution in [0.25, 0.3) is 0 Å². The number of hydrogen-bond donors (Lipinski definition) is 2. The Labute approximate surface area is 167 Å². The standard InChI is InChI=1S/C23H21NO5/c1-14-12-20-22(19(13-21(27)29-20)16-4-8-18(26)9-5-16)23(28)24(14)11-10-15-2-6-17(25)7-3-15/h2-9,12,19,25-26H,10-11,13H2,1H3. The van der Waals surface area contributed by atoms with Crippen molar-refractivity contribution in [3.8, 4) is 17.2 Å². The van der Waals surface area contributed by atoms with E-state index in [9.17, 15) is 19.8 Å². The van der Waals surface area contributed by atoms with E-state index < -0.39 is 5.92 Å². The Balaban J connectivity index is 1.73. The van der Waals surface area contributed by atoms with Gasteiger partial charge in [-0.3, -0.25) is 9.59 Å². The molecule has 3 aromatic rings. The number of ether oxygens (including phenoxy) is 1. The van der Waals surface area contributed by atoms with Crippen LogP contribution in [0.3, 0.4) is 0 Å². The van der Waals surface area contributed by atoms with E-state index in [1.807, 2.05) is 19.1 Å². The predicted molar refractivity (Wildman–Crippen MR) is 107 cm³/mol. The average molecular weight is 391 g/mol. The van der Waals surface area contributed by atoms with Crippen LogP contribution < -0.4 is 10.3 Å². The third-order valence-corrected chi connectivity index (χ3v) is 5.31. The summed E-state index contributed by atoms with van der Waals surface area (Å²) in [7, 11) is 0. The number of phenols is 2. The largest absolute Gasteiger partial charge is 0.508 e. The normalized spacial score (nSPS) is 15.6. The Morgan fingerprint density at radius 3 is 2.28 bits per heavy atom. The Hall–Kier alpha value is -3.54. The number of rotatable bonds is 4. The Kier molecular flexibility index (Phi) is 4.84. The molecule has 148 valence electrons. The molecule has 1 aromatic heterocycles. The third kappa shape index (κ3) is 3.74. The quantitative estimate of drug-likeness (QED) is 0.667. The number of hydrogen-bond acceptors (Lipinski definition) is 5.